The molecule has 0 saturated heterocycles. The van der Waals surface area contributed by atoms with Crippen molar-refractivity contribution in [3.05, 3.63) is 42.2 Å². The number of anilines is 1. The van der Waals surface area contributed by atoms with Crippen LogP contribution in [0.2, 0.25) is 0 Å². The molecule has 2 aromatic rings. The van der Waals surface area contributed by atoms with E-state index in [0.29, 0.717) is 5.56 Å². The van der Waals surface area contributed by atoms with Gasteiger partial charge in [0.05, 0.1) is 11.3 Å². The predicted molar refractivity (Wildman–Crippen MR) is 56.9 cm³/mol. The van der Waals surface area contributed by atoms with E-state index in [4.69, 9.17) is 5.73 Å². The summed E-state index contributed by atoms with van der Waals surface area (Å²) < 4.78 is 37.7. The maximum atomic E-state index is 12.6. The van der Waals surface area contributed by atoms with Gasteiger partial charge < -0.3 is 5.73 Å². The lowest BCUT2D eigenvalue weighted by Gasteiger charge is -2.09. The molecule has 2 heterocycles. The molecular formula is C11H8F3N3. The monoisotopic (exact) mass is 239 g/mol. The van der Waals surface area contributed by atoms with Crippen molar-refractivity contribution in [2.45, 2.75) is 6.18 Å². The largest absolute Gasteiger partial charge is 0.416 e. The molecule has 3 nitrogen and oxygen atoms in total. The van der Waals surface area contributed by atoms with E-state index >= 15 is 0 Å². The van der Waals surface area contributed by atoms with E-state index in [0.717, 1.165) is 12.1 Å². The first kappa shape index (κ1) is 11.4. The molecule has 0 spiro atoms. The van der Waals surface area contributed by atoms with Crippen molar-refractivity contribution in [2.75, 3.05) is 5.73 Å². The summed E-state index contributed by atoms with van der Waals surface area (Å²) in [6.45, 7) is 0. The first-order chi connectivity index (χ1) is 7.97. The molecular weight excluding hydrogens is 231 g/mol. The molecule has 0 amide bonds. The van der Waals surface area contributed by atoms with Gasteiger partial charge in [-0.1, -0.05) is 0 Å². The molecule has 0 aliphatic rings. The Morgan fingerprint density at radius 3 is 2.53 bits per heavy atom. The number of halogens is 3. The molecule has 0 fully saturated rings. The van der Waals surface area contributed by atoms with Gasteiger partial charge in [0.1, 0.15) is 5.82 Å². The average molecular weight is 239 g/mol. The summed E-state index contributed by atoms with van der Waals surface area (Å²) in [7, 11) is 0. The molecule has 0 aromatic carbocycles. The third-order valence-electron chi connectivity index (χ3n) is 2.13. The Balaban J connectivity index is 2.54. The van der Waals surface area contributed by atoms with Crippen molar-refractivity contribution in [2.24, 2.45) is 0 Å². The van der Waals surface area contributed by atoms with Crippen LogP contribution in [0.4, 0.5) is 19.0 Å². The lowest BCUT2D eigenvalue weighted by molar-refractivity contribution is -0.137. The van der Waals surface area contributed by atoms with Crippen LogP contribution in [0.5, 0.6) is 0 Å². The third kappa shape index (κ3) is 2.52. The number of aromatic nitrogens is 2. The zero-order chi connectivity index (χ0) is 12.5. The maximum Gasteiger partial charge on any atom is 0.416 e. The number of nitrogen functional groups attached to an aromatic ring is 1. The van der Waals surface area contributed by atoms with Gasteiger partial charge >= 0.3 is 6.18 Å². The zero-order valence-corrected chi connectivity index (χ0v) is 8.57. The summed E-state index contributed by atoms with van der Waals surface area (Å²) in [5.74, 6) is -0.168. The second-order valence-corrected chi connectivity index (χ2v) is 3.41. The zero-order valence-electron chi connectivity index (χ0n) is 8.57. The van der Waals surface area contributed by atoms with E-state index < -0.39 is 11.7 Å². The maximum absolute atomic E-state index is 12.6. The smallest absolute Gasteiger partial charge is 0.384 e. The van der Waals surface area contributed by atoms with Gasteiger partial charge in [-0.15, -0.1) is 0 Å². The van der Waals surface area contributed by atoms with E-state index in [1.54, 1.807) is 12.1 Å². The SMILES string of the molecule is Nc1cc(C(F)(F)F)cc(-c2cccnc2)n1. The first-order valence-corrected chi connectivity index (χ1v) is 4.72. The van der Waals surface area contributed by atoms with Crippen molar-refractivity contribution in [3.63, 3.8) is 0 Å². The Hall–Kier alpha value is -2.11. The number of nitrogens with two attached hydrogens (primary N) is 1. The van der Waals surface area contributed by atoms with Crippen LogP contribution < -0.4 is 5.73 Å². The molecule has 17 heavy (non-hydrogen) atoms. The fourth-order valence-electron chi connectivity index (χ4n) is 1.38. The van der Waals surface area contributed by atoms with Gasteiger partial charge in [-0.2, -0.15) is 13.2 Å². The number of hydrogen-bond donors (Lipinski definition) is 1. The van der Waals surface area contributed by atoms with Crippen molar-refractivity contribution in [3.8, 4) is 11.3 Å². The molecule has 0 aliphatic heterocycles. The Bertz CT molecular complexity index is 523. The predicted octanol–water partition coefficient (Wildman–Crippen LogP) is 2.74. The van der Waals surface area contributed by atoms with Crippen molar-refractivity contribution in [1.82, 2.24) is 9.97 Å². The Kier molecular flexibility index (Phi) is 2.71. The number of pyridine rings is 2. The van der Waals surface area contributed by atoms with Crippen LogP contribution >= 0.6 is 0 Å². The lowest BCUT2D eigenvalue weighted by atomic mass is 10.1. The van der Waals surface area contributed by atoms with E-state index in [-0.39, 0.29) is 11.5 Å². The van der Waals surface area contributed by atoms with Crippen LogP contribution in [-0.4, -0.2) is 9.97 Å². The molecule has 88 valence electrons. The number of alkyl halides is 3. The van der Waals surface area contributed by atoms with Gasteiger partial charge in [-0.3, -0.25) is 4.98 Å². The van der Waals surface area contributed by atoms with Crippen molar-refractivity contribution in [1.29, 1.82) is 0 Å². The average Bonchev–Trinajstić information content (AvgIpc) is 2.28. The highest BCUT2D eigenvalue weighted by molar-refractivity contribution is 5.61. The van der Waals surface area contributed by atoms with Crippen LogP contribution in [0.15, 0.2) is 36.7 Å². The molecule has 0 aliphatic carbocycles. The second-order valence-electron chi connectivity index (χ2n) is 3.41. The van der Waals surface area contributed by atoms with Crippen LogP contribution in [0.3, 0.4) is 0 Å². The molecule has 6 heteroatoms. The Labute approximate surface area is 95.1 Å². The highest BCUT2D eigenvalue weighted by Crippen LogP contribution is 2.32. The van der Waals surface area contributed by atoms with Gasteiger partial charge in [0.15, 0.2) is 0 Å². The lowest BCUT2D eigenvalue weighted by Crippen LogP contribution is -2.07. The fraction of sp³-hybridized carbons (Fsp3) is 0.0909. The topological polar surface area (TPSA) is 51.8 Å². The number of nitrogens with zero attached hydrogens (tertiary/aromatic N) is 2. The summed E-state index contributed by atoms with van der Waals surface area (Å²) in [6, 6.07) is 5.00. The summed E-state index contributed by atoms with van der Waals surface area (Å²) in [5.41, 5.74) is 5.19. The molecule has 0 unspecified atom stereocenters. The van der Waals surface area contributed by atoms with E-state index in [9.17, 15) is 13.2 Å². The van der Waals surface area contributed by atoms with Crippen LogP contribution in [0.25, 0.3) is 11.3 Å². The Morgan fingerprint density at radius 1 is 1.18 bits per heavy atom. The highest BCUT2D eigenvalue weighted by Gasteiger charge is 2.31. The molecule has 2 aromatic heterocycles. The molecule has 0 atom stereocenters. The molecule has 2 N–H and O–H groups in total. The quantitative estimate of drug-likeness (QED) is 0.832. The number of rotatable bonds is 1. The molecule has 0 radical (unpaired) electrons. The third-order valence-corrected chi connectivity index (χ3v) is 2.13. The van der Waals surface area contributed by atoms with Crippen LogP contribution in [-0.2, 0) is 6.18 Å². The molecule has 2 rings (SSSR count). The Morgan fingerprint density at radius 2 is 1.94 bits per heavy atom. The van der Waals surface area contributed by atoms with Crippen molar-refractivity contribution < 1.29 is 13.2 Å². The van der Waals surface area contributed by atoms with E-state index in [1.807, 2.05) is 0 Å². The summed E-state index contributed by atoms with van der Waals surface area (Å²) >= 11 is 0. The summed E-state index contributed by atoms with van der Waals surface area (Å²) in [6.07, 6.45) is -1.48. The summed E-state index contributed by atoms with van der Waals surface area (Å²) in [4.78, 5) is 7.68. The van der Waals surface area contributed by atoms with Gasteiger partial charge in [0.2, 0.25) is 0 Å². The molecule has 0 saturated carbocycles. The number of hydrogen-bond acceptors (Lipinski definition) is 3. The first-order valence-electron chi connectivity index (χ1n) is 4.72. The van der Waals surface area contributed by atoms with Crippen LogP contribution in [0.1, 0.15) is 5.56 Å². The van der Waals surface area contributed by atoms with Crippen LogP contribution in [0, 0.1) is 0 Å². The fourth-order valence-corrected chi connectivity index (χ4v) is 1.38. The molecule has 0 bridgehead atoms. The van der Waals surface area contributed by atoms with Gasteiger partial charge in [0, 0.05) is 18.0 Å². The van der Waals surface area contributed by atoms with Gasteiger partial charge in [-0.05, 0) is 24.3 Å². The van der Waals surface area contributed by atoms with E-state index in [1.165, 1.54) is 12.4 Å². The second kappa shape index (κ2) is 4.04. The minimum absolute atomic E-state index is 0.158. The summed E-state index contributed by atoms with van der Waals surface area (Å²) in [5, 5.41) is 0. The minimum atomic E-state index is -4.44. The minimum Gasteiger partial charge on any atom is -0.384 e. The van der Waals surface area contributed by atoms with Gasteiger partial charge in [-0.25, -0.2) is 4.98 Å². The highest BCUT2D eigenvalue weighted by atomic mass is 19.4. The normalized spacial score (nSPS) is 11.5. The van der Waals surface area contributed by atoms with E-state index in [2.05, 4.69) is 9.97 Å². The standard InChI is InChI=1S/C11H8F3N3/c12-11(13,14)8-4-9(17-10(15)5-8)7-2-1-3-16-6-7/h1-6H,(H2,15,17). The van der Waals surface area contributed by atoms with Gasteiger partial charge in [0.25, 0.3) is 0 Å². The van der Waals surface area contributed by atoms with Crippen molar-refractivity contribution >= 4 is 5.82 Å².